The first kappa shape index (κ1) is 15.8. The number of piperidine rings is 1. The molecule has 3 rings (SSSR count). The second kappa shape index (κ2) is 7.02. The van der Waals surface area contributed by atoms with Crippen molar-refractivity contribution in [3.8, 4) is 0 Å². The average molecular weight is 307 g/mol. The van der Waals surface area contributed by atoms with Crippen molar-refractivity contribution in [2.24, 2.45) is 0 Å². The smallest absolute Gasteiger partial charge is 0.102 e. The molecule has 0 radical (unpaired) electrons. The van der Waals surface area contributed by atoms with Crippen LogP contribution in [-0.2, 0) is 11.3 Å². The van der Waals surface area contributed by atoms with Crippen molar-refractivity contribution in [2.75, 3.05) is 40.0 Å². The number of halogens is 1. The molecule has 0 N–H and O–H groups in total. The molecule has 1 aromatic heterocycles. The van der Waals surface area contributed by atoms with Gasteiger partial charge >= 0.3 is 0 Å². The average Bonchev–Trinajstić information content (AvgIpc) is 2.95. The Hall–Kier alpha value is -1.04. The van der Waals surface area contributed by atoms with Crippen LogP contribution in [0.3, 0.4) is 0 Å². The molecule has 122 valence electrons. The molecule has 2 aliphatic heterocycles. The molecule has 2 saturated heterocycles. The second-order valence-electron chi connectivity index (χ2n) is 6.66. The lowest BCUT2D eigenvalue weighted by molar-refractivity contribution is -0.0444. The third-order valence-corrected chi connectivity index (χ3v) is 5.14. The largest absolute Gasteiger partial charge is 0.373 e. The summed E-state index contributed by atoms with van der Waals surface area (Å²) in [5, 5.41) is 0. The molecular formula is C17H26FN3O. The summed E-state index contributed by atoms with van der Waals surface area (Å²) < 4.78 is 18.6. The summed E-state index contributed by atoms with van der Waals surface area (Å²) in [5.41, 5.74) is 1.27. The number of likely N-dealkylation sites (tertiary alicyclic amines) is 1. The predicted octanol–water partition coefficient (Wildman–Crippen LogP) is 2.11. The summed E-state index contributed by atoms with van der Waals surface area (Å²) in [7, 11) is 2.16. The molecule has 22 heavy (non-hydrogen) atoms. The lowest BCUT2D eigenvalue weighted by atomic mass is 9.87. The van der Waals surface area contributed by atoms with Crippen LogP contribution in [0.25, 0.3) is 0 Å². The summed E-state index contributed by atoms with van der Waals surface area (Å²) in [5.74, 6) is 0. The minimum absolute atomic E-state index is 0.0284. The lowest BCUT2D eigenvalue weighted by Gasteiger charge is -2.38. The third kappa shape index (κ3) is 3.65. The van der Waals surface area contributed by atoms with Gasteiger partial charge in [0.05, 0.1) is 12.2 Å². The number of hydrogen-bond donors (Lipinski definition) is 0. The van der Waals surface area contributed by atoms with Gasteiger partial charge in [-0.05, 0) is 37.9 Å². The van der Waals surface area contributed by atoms with Gasteiger partial charge in [0, 0.05) is 44.6 Å². The second-order valence-corrected chi connectivity index (χ2v) is 6.66. The van der Waals surface area contributed by atoms with E-state index in [-0.39, 0.29) is 12.3 Å². The zero-order chi connectivity index (χ0) is 15.4. The van der Waals surface area contributed by atoms with Crippen LogP contribution in [0, 0.1) is 0 Å². The summed E-state index contributed by atoms with van der Waals surface area (Å²) >= 11 is 0. The fourth-order valence-corrected chi connectivity index (χ4v) is 3.66. The van der Waals surface area contributed by atoms with Crippen molar-refractivity contribution in [1.82, 2.24) is 14.8 Å². The molecule has 1 aromatic rings. The number of pyridine rings is 1. The van der Waals surface area contributed by atoms with Crippen LogP contribution < -0.4 is 0 Å². The first-order chi connectivity index (χ1) is 10.7. The Morgan fingerprint density at radius 3 is 2.95 bits per heavy atom. The van der Waals surface area contributed by atoms with Gasteiger partial charge in [-0.25, -0.2) is 4.39 Å². The normalized spacial score (nSPS) is 25.1. The fourth-order valence-electron chi connectivity index (χ4n) is 3.66. The van der Waals surface area contributed by atoms with E-state index < -0.39 is 0 Å². The van der Waals surface area contributed by atoms with Crippen molar-refractivity contribution >= 4 is 0 Å². The Kier molecular flexibility index (Phi) is 5.06. The standard InChI is InChI=1S/C17H26FN3O/c1-20(13-15-3-2-7-19-12-15)16-11-17(22-14-16)4-8-21(9-5-17)10-6-18/h2-3,7,12,16H,4-6,8-11,13-14H2,1H3/t16-/m0/s1. The Morgan fingerprint density at radius 1 is 1.45 bits per heavy atom. The molecule has 0 saturated carbocycles. The molecule has 2 fully saturated rings. The molecule has 5 heteroatoms. The van der Waals surface area contributed by atoms with Crippen LogP contribution in [0.4, 0.5) is 4.39 Å². The van der Waals surface area contributed by atoms with E-state index >= 15 is 0 Å². The molecule has 1 spiro atoms. The number of hydrogen-bond acceptors (Lipinski definition) is 4. The first-order valence-electron chi connectivity index (χ1n) is 8.22. The summed E-state index contributed by atoms with van der Waals surface area (Å²) in [6.07, 6.45) is 6.89. The van der Waals surface area contributed by atoms with E-state index in [9.17, 15) is 4.39 Å². The van der Waals surface area contributed by atoms with Gasteiger partial charge in [0.2, 0.25) is 0 Å². The predicted molar refractivity (Wildman–Crippen MR) is 84.4 cm³/mol. The third-order valence-electron chi connectivity index (χ3n) is 5.14. The monoisotopic (exact) mass is 307 g/mol. The van der Waals surface area contributed by atoms with Gasteiger partial charge in [-0.2, -0.15) is 0 Å². The van der Waals surface area contributed by atoms with Gasteiger partial charge in [-0.15, -0.1) is 0 Å². The zero-order valence-corrected chi connectivity index (χ0v) is 13.4. The Balaban J connectivity index is 1.52. The van der Waals surface area contributed by atoms with Gasteiger partial charge in [-0.3, -0.25) is 9.88 Å². The highest BCUT2D eigenvalue weighted by Gasteiger charge is 2.43. The van der Waals surface area contributed by atoms with E-state index in [4.69, 9.17) is 4.74 Å². The number of aromatic nitrogens is 1. The number of likely N-dealkylation sites (N-methyl/N-ethyl adjacent to an activating group) is 1. The Morgan fingerprint density at radius 2 is 2.27 bits per heavy atom. The maximum absolute atomic E-state index is 12.4. The first-order valence-corrected chi connectivity index (χ1v) is 8.22. The van der Waals surface area contributed by atoms with Crippen LogP contribution in [0.15, 0.2) is 24.5 Å². The van der Waals surface area contributed by atoms with E-state index in [2.05, 4.69) is 27.9 Å². The van der Waals surface area contributed by atoms with Crippen LogP contribution in [0.2, 0.25) is 0 Å². The van der Waals surface area contributed by atoms with Gasteiger partial charge in [0.1, 0.15) is 6.67 Å². The number of rotatable bonds is 5. The zero-order valence-electron chi connectivity index (χ0n) is 13.4. The maximum atomic E-state index is 12.4. The fraction of sp³-hybridized carbons (Fsp3) is 0.706. The van der Waals surface area contributed by atoms with E-state index in [1.807, 2.05) is 18.5 Å². The van der Waals surface area contributed by atoms with Gasteiger partial charge in [-0.1, -0.05) is 6.07 Å². The van der Waals surface area contributed by atoms with E-state index in [1.54, 1.807) is 0 Å². The molecule has 3 heterocycles. The van der Waals surface area contributed by atoms with Gasteiger partial charge < -0.3 is 9.64 Å². The van der Waals surface area contributed by atoms with Crippen molar-refractivity contribution in [2.45, 2.75) is 37.5 Å². The molecule has 0 aliphatic carbocycles. The van der Waals surface area contributed by atoms with Crippen LogP contribution >= 0.6 is 0 Å². The van der Waals surface area contributed by atoms with Gasteiger partial charge in [0.15, 0.2) is 0 Å². The Labute approximate surface area is 132 Å². The van der Waals surface area contributed by atoms with Crippen molar-refractivity contribution in [1.29, 1.82) is 0 Å². The molecule has 0 unspecified atom stereocenters. The highest BCUT2D eigenvalue weighted by molar-refractivity contribution is 5.08. The van der Waals surface area contributed by atoms with Crippen molar-refractivity contribution in [3.05, 3.63) is 30.1 Å². The summed E-state index contributed by atoms with van der Waals surface area (Å²) in [6.45, 7) is 3.96. The van der Waals surface area contributed by atoms with E-state index in [0.717, 1.165) is 45.5 Å². The Bertz CT molecular complexity index is 462. The molecule has 1 atom stereocenters. The van der Waals surface area contributed by atoms with E-state index in [1.165, 1.54) is 5.56 Å². The topological polar surface area (TPSA) is 28.6 Å². The quantitative estimate of drug-likeness (QED) is 0.833. The van der Waals surface area contributed by atoms with Crippen LogP contribution in [0.5, 0.6) is 0 Å². The number of ether oxygens (including phenoxy) is 1. The summed E-state index contributed by atoms with van der Waals surface area (Å²) in [6, 6.07) is 4.56. The van der Waals surface area contributed by atoms with Gasteiger partial charge in [0.25, 0.3) is 0 Å². The maximum Gasteiger partial charge on any atom is 0.102 e. The molecule has 4 nitrogen and oxygen atoms in total. The number of nitrogens with zero attached hydrogens (tertiary/aromatic N) is 3. The molecular weight excluding hydrogens is 281 g/mol. The molecule has 0 aromatic carbocycles. The molecule has 0 bridgehead atoms. The minimum atomic E-state index is -0.246. The number of alkyl halides is 1. The highest BCUT2D eigenvalue weighted by Crippen LogP contribution is 2.37. The molecule has 2 aliphatic rings. The van der Waals surface area contributed by atoms with E-state index in [0.29, 0.717) is 12.6 Å². The summed E-state index contributed by atoms with van der Waals surface area (Å²) in [4.78, 5) is 8.76. The lowest BCUT2D eigenvalue weighted by Crippen LogP contribution is -2.45. The van der Waals surface area contributed by atoms with Crippen molar-refractivity contribution < 1.29 is 9.13 Å². The van der Waals surface area contributed by atoms with Crippen LogP contribution in [0.1, 0.15) is 24.8 Å². The SMILES string of the molecule is CN(Cc1cccnc1)[C@@H]1COC2(CCN(CCF)CC2)C1. The highest BCUT2D eigenvalue weighted by atomic mass is 19.1. The van der Waals surface area contributed by atoms with Crippen molar-refractivity contribution in [3.63, 3.8) is 0 Å². The molecule has 0 amide bonds. The minimum Gasteiger partial charge on any atom is -0.373 e. The van der Waals surface area contributed by atoms with Crippen LogP contribution in [-0.4, -0.2) is 66.4 Å².